The first kappa shape index (κ1) is 39.6. The van der Waals surface area contributed by atoms with Gasteiger partial charge in [0.25, 0.3) is 5.56 Å². The highest BCUT2D eigenvalue weighted by Crippen LogP contribution is 2.27. The first-order chi connectivity index (χ1) is 25.5. The van der Waals surface area contributed by atoms with Crippen molar-refractivity contribution in [1.82, 2.24) is 19.1 Å². The van der Waals surface area contributed by atoms with Gasteiger partial charge in [-0.3, -0.25) is 13.9 Å². The molecule has 3 aromatic rings. The van der Waals surface area contributed by atoms with Crippen LogP contribution in [0.3, 0.4) is 0 Å². The van der Waals surface area contributed by atoms with Crippen molar-refractivity contribution in [2.24, 2.45) is 11.8 Å². The number of aromatic amines is 1. The van der Waals surface area contributed by atoms with Gasteiger partial charge in [0.05, 0.1) is 59.5 Å². The van der Waals surface area contributed by atoms with Gasteiger partial charge in [0.15, 0.2) is 5.65 Å². The molecule has 52 heavy (non-hydrogen) atoms. The van der Waals surface area contributed by atoms with Crippen LogP contribution in [0.15, 0.2) is 39.9 Å². The summed E-state index contributed by atoms with van der Waals surface area (Å²) in [6, 6.07) is 7.50. The fourth-order valence-electron chi connectivity index (χ4n) is 6.95. The Morgan fingerprint density at radius 3 is 1.81 bits per heavy atom. The fraction of sp³-hybridized carbons (Fsp3) is 0.641. The van der Waals surface area contributed by atoms with Crippen molar-refractivity contribution in [2.75, 3.05) is 73.2 Å². The quantitative estimate of drug-likeness (QED) is 0.0856. The molecule has 0 unspecified atom stereocenters. The second kappa shape index (κ2) is 21.8. The van der Waals surface area contributed by atoms with Gasteiger partial charge in [0.1, 0.15) is 17.9 Å². The standard InChI is InChI=1S/C39H56N4O9/c1-47-18-19-48-20-21-49-22-23-50-24-25-51-26-27-52-34(44)17-14-30-12-15-33(16-13-30)36-40-35-37(41-36)42(28-31-8-4-2-5-9-31)39(46)43(38(35)45)29-32-10-6-3-7-11-32/h12-17,31-32H,2-11,18-29H2,1H3,(H,40,41)/b17-14+. The minimum Gasteiger partial charge on any atom is -0.460 e. The number of hydrogen-bond donors (Lipinski definition) is 1. The third kappa shape index (κ3) is 12.2. The molecule has 2 heterocycles. The summed E-state index contributed by atoms with van der Waals surface area (Å²) in [6.07, 6.45) is 14.4. The van der Waals surface area contributed by atoms with E-state index in [1.165, 1.54) is 36.3 Å². The summed E-state index contributed by atoms with van der Waals surface area (Å²) >= 11 is 0. The number of ether oxygens (including phenoxy) is 6. The first-order valence-electron chi connectivity index (χ1n) is 19.0. The van der Waals surface area contributed by atoms with Crippen molar-refractivity contribution >= 4 is 23.2 Å². The van der Waals surface area contributed by atoms with Crippen molar-refractivity contribution in [3.63, 3.8) is 0 Å². The SMILES string of the molecule is COCCOCCOCCOCCOCCOC(=O)/C=C/c1ccc(-c2nc3c([nH]2)c(=O)n(CC2CCCCC2)c(=O)n3CC2CCCCC2)cc1. The number of nitrogens with zero attached hydrogens (tertiary/aromatic N) is 3. The van der Waals surface area contributed by atoms with Gasteiger partial charge in [0.2, 0.25) is 0 Å². The summed E-state index contributed by atoms with van der Waals surface area (Å²) < 4.78 is 35.0. The number of rotatable bonds is 22. The highest BCUT2D eigenvalue weighted by molar-refractivity contribution is 5.87. The molecule has 2 fully saturated rings. The summed E-state index contributed by atoms with van der Waals surface area (Å²) in [4.78, 5) is 47.9. The number of carbonyl (C=O) groups is 1. The van der Waals surface area contributed by atoms with E-state index in [1.54, 1.807) is 17.8 Å². The lowest BCUT2D eigenvalue weighted by Crippen LogP contribution is -2.42. The van der Waals surface area contributed by atoms with E-state index in [2.05, 4.69) is 4.98 Å². The van der Waals surface area contributed by atoms with Gasteiger partial charge in [-0.05, 0) is 49.2 Å². The molecule has 13 heteroatoms. The number of H-pyrrole nitrogens is 1. The first-order valence-corrected chi connectivity index (χ1v) is 19.0. The Balaban J connectivity index is 1.09. The number of hydrogen-bond acceptors (Lipinski definition) is 10. The van der Waals surface area contributed by atoms with Crippen LogP contribution in [0.25, 0.3) is 28.6 Å². The molecule has 0 atom stereocenters. The number of imidazole rings is 1. The molecule has 13 nitrogen and oxygen atoms in total. The van der Waals surface area contributed by atoms with E-state index in [1.807, 2.05) is 24.3 Å². The largest absolute Gasteiger partial charge is 0.460 e. The van der Waals surface area contributed by atoms with Crippen LogP contribution in [0.5, 0.6) is 0 Å². The average molecular weight is 725 g/mol. The summed E-state index contributed by atoms with van der Waals surface area (Å²) in [6.45, 7) is 5.34. The Kier molecular flexibility index (Phi) is 16.6. The van der Waals surface area contributed by atoms with Gasteiger partial charge in [0, 0.05) is 31.8 Å². The lowest BCUT2D eigenvalue weighted by molar-refractivity contribution is -0.139. The lowest BCUT2D eigenvalue weighted by atomic mass is 9.89. The van der Waals surface area contributed by atoms with Gasteiger partial charge in [-0.1, -0.05) is 62.8 Å². The normalized spacial score (nSPS) is 15.9. The van der Waals surface area contributed by atoms with E-state index >= 15 is 0 Å². The van der Waals surface area contributed by atoms with Crippen LogP contribution in [-0.4, -0.2) is 98.3 Å². The monoisotopic (exact) mass is 724 g/mol. The van der Waals surface area contributed by atoms with Gasteiger partial charge < -0.3 is 33.4 Å². The zero-order chi connectivity index (χ0) is 36.4. The molecule has 2 aliphatic carbocycles. The Labute approximate surface area is 305 Å². The van der Waals surface area contributed by atoms with Crippen molar-refractivity contribution in [3.05, 3.63) is 56.7 Å². The molecule has 0 bridgehead atoms. The highest BCUT2D eigenvalue weighted by Gasteiger charge is 2.24. The van der Waals surface area contributed by atoms with Crippen LogP contribution in [-0.2, 0) is 46.3 Å². The maximum absolute atomic E-state index is 13.9. The minimum absolute atomic E-state index is 0.133. The van der Waals surface area contributed by atoms with E-state index in [9.17, 15) is 14.4 Å². The summed E-state index contributed by atoms with van der Waals surface area (Å²) in [5.74, 6) is 0.815. The van der Waals surface area contributed by atoms with Gasteiger partial charge in [-0.15, -0.1) is 0 Å². The number of fused-ring (bicyclic) bond motifs is 1. The molecule has 2 aromatic heterocycles. The van der Waals surface area contributed by atoms with Crippen LogP contribution in [0.2, 0.25) is 0 Å². The van der Waals surface area contributed by atoms with E-state index in [4.69, 9.17) is 33.4 Å². The smallest absolute Gasteiger partial charge is 0.332 e. The average Bonchev–Trinajstić information content (AvgIpc) is 3.62. The molecule has 0 amide bonds. The molecule has 1 N–H and O–H groups in total. The van der Waals surface area contributed by atoms with Crippen molar-refractivity contribution in [1.29, 1.82) is 0 Å². The van der Waals surface area contributed by atoms with E-state index < -0.39 is 5.97 Å². The van der Waals surface area contributed by atoms with Crippen LogP contribution in [0.1, 0.15) is 69.8 Å². The molecule has 286 valence electrons. The van der Waals surface area contributed by atoms with Crippen LogP contribution in [0.4, 0.5) is 0 Å². The van der Waals surface area contributed by atoms with Crippen LogP contribution in [0, 0.1) is 11.8 Å². The minimum atomic E-state index is -0.468. The molecule has 0 radical (unpaired) electrons. The Morgan fingerprint density at radius 1 is 0.731 bits per heavy atom. The third-order valence-electron chi connectivity index (χ3n) is 9.81. The predicted octanol–water partition coefficient (Wildman–Crippen LogP) is 4.98. The number of esters is 1. The molecule has 2 aliphatic rings. The van der Waals surface area contributed by atoms with E-state index in [0.717, 1.165) is 49.7 Å². The van der Waals surface area contributed by atoms with Gasteiger partial charge in [-0.2, -0.15) is 0 Å². The van der Waals surface area contributed by atoms with Gasteiger partial charge in [-0.25, -0.2) is 14.6 Å². The van der Waals surface area contributed by atoms with Crippen molar-refractivity contribution < 1.29 is 33.2 Å². The summed E-state index contributed by atoms with van der Waals surface area (Å²) in [7, 11) is 1.63. The van der Waals surface area contributed by atoms with Crippen LogP contribution < -0.4 is 11.2 Å². The Morgan fingerprint density at radius 2 is 1.25 bits per heavy atom. The maximum atomic E-state index is 13.9. The maximum Gasteiger partial charge on any atom is 0.332 e. The summed E-state index contributed by atoms with van der Waals surface area (Å²) in [5.41, 5.74) is 1.86. The van der Waals surface area contributed by atoms with E-state index in [-0.39, 0.29) is 24.5 Å². The molecule has 0 aliphatic heterocycles. The Hall–Kier alpha value is -3.62. The second-order valence-electron chi connectivity index (χ2n) is 13.7. The Bertz CT molecular complexity index is 1650. The number of carbonyl (C=O) groups excluding carboxylic acids is 1. The van der Waals surface area contributed by atoms with Crippen LogP contribution >= 0.6 is 0 Å². The predicted molar refractivity (Wildman–Crippen MR) is 198 cm³/mol. The number of nitrogens with one attached hydrogen (secondary N) is 1. The molecule has 2 saturated carbocycles. The third-order valence-corrected chi connectivity index (χ3v) is 9.81. The molecular weight excluding hydrogens is 668 g/mol. The van der Waals surface area contributed by atoms with Crippen molar-refractivity contribution in [2.45, 2.75) is 77.3 Å². The number of aromatic nitrogens is 4. The zero-order valence-corrected chi connectivity index (χ0v) is 30.7. The van der Waals surface area contributed by atoms with Gasteiger partial charge >= 0.3 is 11.7 Å². The number of benzene rings is 1. The topological polar surface area (TPSA) is 145 Å². The summed E-state index contributed by atoms with van der Waals surface area (Å²) in [5, 5.41) is 0. The second-order valence-corrected chi connectivity index (χ2v) is 13.7. The molecule has 5 rings (SSSR count). The van der Waals surface area contributed by atoms with Crippen molar-refractivity contribution in [3.8, 4) is 11.4 Å². The van der Waals surface area contributed by atoms with E-state index in [0.29, 0.717) is 94.8 Å². The number of methoxy groups -OCH3 is 1. The zero-order valence-electron chi connectivity index (χ0n) is 30.7. The molecular formula is C39H56N4O9. The molecule has 0 spiro atoms. The lowest BCUT2D eigenvalue weighted by Gasteiger charge is -2.24. The molecule has 0 saturated heterocycles. The fourth-order valence-corrected chi connectivity index (χ4v) is 6.95. The molecule has 1 aromatic carbocycles. The highest BCUT2D eigenvalue weighted by atomic mass is 16.6.